The van der Waals surface area contributed by atoms with Gasteiger partial charge in [-0.2, -0.15) is 0 Å². The van der Waals surface area contributed by atoms with E-state index in [0.717, 1.165) is 9.80 Å². The van der Waals surface area contributed by atoms with Gasteiger partial charge >= 0.3 is 0 Å². The summed E-state index contributed by atoms with van der Waals surface area (Å²) in [7, 11) is -3.88. The van der Waals surface area contributed by atoms with E-state index in [0.29, 0.717) is 11.3 Å². The van der Waals surface area contributed by atoms with Crippen LogP contribution < -0.4 is 15.4 Å². The van der Waals surface area contributed by atoms with E-state index in [1.165, 1.54) is 60.3 Å². The van der Waals surface area contributed by atoms with Crippen LogP contribution in [0.25, 0.3) is 0 Å². The Morgan fingerprint density at radius 1 is 0.971 bits per heavy atom. The van der Waals surface area contributed by atoms with Crippen molar-refractivity contribution in [2.45, 2.75) is 21.5 Å². The molecule has 3 aromatic carbocycles. The summed E-state index contributed by atoms with van der Waals surface area (Å²) in [6, 6.07) is 17.1. The number of carbonyl (C=O) groups excluding carboxylic acids is 3. The van der Waals surface area contributed by atoms with E-state index in [2.05, 4.69) is 5.32 Å². The molecule has 11 heteroatoms. The molecule has 3 aromatic rings. The summed E-state index contributed by atoms with van der Waals surface area (Å²) < 4.78 is 35.8. The Morgan fingerprint density at radius 2 is 1.59 bits per heavy atom. The maximum absolute atomic E-state index is 13.0. The van der Waals surface area contributed by atoms with Crippen molar-refractivity contribution < 1.29 is 27.2 Å². The summed E-state index contributed by atoms with van der Waals surface area (Å²) in [5, 5.41) is 7.14. The third-order valence-corrected chi connectivity index (χ3v) is 7.15. The van der Waals surface area contributed by atoms with Gasteiger partial charge in [-0.25, -0.2) is 22.8 Å². The van der Waals surface area contributed by atoms with E-state index in [-0.39, 0.29) is 22.9 Å². The summed E-state index contributed by atoms with van der Waals surface area (Å²) in [5.74, 6) is -1.63. The number of primary sulfonamides is 1. The van der Waals surface area contributed by atoms with Crippen molar-refractivity contribution in [3.63, 3.8) is 0 Å². The van der Waals surface area contributed by atoms with Crippen molar-refractivity contribution in [3.05, 3.63) is 84.2 Å². The van der Waals surface area contributed by atoms with E-state index < -0.39 is 32.9 Å². The second-order valence-corrected chi connectivity index (χ2v) is 10.2. The lowest BCUT2D eigenvalue weighted by Gasteiger charge is -2.15. The fourth-order valence-electron chi connectivity index (χ4n) is 3.34. The van der Waals surface area contributed by atoms with E-state index in [1.807, 2.05) is 0 Å². The van der Waals surface area contributed by atoms with Crippen LogP contribution in [0.1, 0.15) is 16.8 Å². The van der Waals surface area contributed by atoms with E-state index in [9.17, 15) is 27.2 Å². The molecule has 1 fully saturated rings. The Labute approximate surface area is 199 Å². The summed E-state index contributed by atoms with van der Waals surface area (Å²) in [4.78, 5) is 39.2. The normalized spacial score (nSPS) is 16.1. The second kappa shape index (κ2) is 9.37. The summed E-state index contributed by atoms with van der Waals surface area (Å²) >= 11 is 1.21. The molecule has 1 aliphatic rings. The molecule has 0 bridgehead atoms. The number of hydrogen-bond donors (Lipinski definition) is 2. The van der Waals surface area contributed by atoms with Gasteiger partial charge in [-0.15, -0.1) is 11.8 Å². The predicted molar refractivity (Wildman–Crippen MR) is 125 cm³/mol. The summed E-state index contributed by atoms with van der Waals surface area (Å²) in [6.45, 7) is 0. The topological polar surface area (TPSA) is 127 Å². The van der Waals surface area contributed by atoms with Crippen LogP contribution in [0.2, 0.25) is 0 Å². The highest BCUT2D eigenvalue weighted by atomic mass is 32.2. The number of nitrogens with one attached hydrogen (secondary N) is 1. The van der Waals surface area contributed by atoms with E-state index in [1.54, 1.807) is 24.3 Å². The van der Waals surface area contributed by atoms with Gasteiger partial charge in [0.05, 0.1) is 15.8 Å². The van der Waals surface area contributed by atoms with Crippen LogP contribution in [0.4, 0.5) is 15.8 Å². The fraction of sp³-hybridized carbons (Fsp3) is 0.0870. The Hall–Kier alpha value is -3.54. The van der Waals surface area contributed by atoms with Crippen molar-refractivity contribution in [1.82, 2.24) is 0 Å². The highest BCUT2D eigenvalue weighted by Crippen LogP contribution is 2.34. The number of rotatable bonds is 6. The Morgan fingerprint density at radius 3 is 2.18 bits per heavy atom. The Bertz CT molecular complexity index is 1360. The van der Waals surface area contributed by atoms with E-state index in [4.69, 9.17) is 5.14 Å². The lowest BCUT2D eigenvalue weighted by atomic mass is 10.2. The van der Waals surface area contributed by atoms with Crippen LogP contribution in [0.5, 0.6) is 0 Å². The minimum atomic E-state index is -3.88. The molecule has 1 unspecified atom stereocenters. The van der Waals surface area contributed by atoms with Crippen LogP contribution >= 0.6 is 11.8 Å². The average Bonchev–Trinajstić information content (AvgIpc) is 3.07. The number of anilines is 2. The lowest BCUT2D eigenvalue weighted by Crippen LogP contribution is -2.31. The van der Waals surface area contributed by atoms with Gasteiger partial charge in [0.25, 0.3) is 5.91 Å². The van der Waals surface area contributed by atoms with Crippen molar-refractivity contribution in [2.75, 3.05) is 10.2 Å². The molecule has 0 radical (unpaired) electrons. The second-order valence-electron chi connectivity index (χ2n) is 7.40. The third-order valence-electron chi connectivity index (χ3n) is 5.03. The predicted octanol–water partition coefficient (Wildman–Crippen LogP) is 3.15. The number of amides is 3. The minimum absolute atomic E-state index is 0.0104. The molecular weight excluding hydrogens is 481 g/mol. The van der Waals surface area contributed by atoms with Crippen molar-refractivity contribution in [1.29, 1.82) is 0 Å². The molecule has 174 valence electrons. The molecule has 1 aliphatic heterocycles. The quantitative estimate of drug-likeness (QED) is 0.502. The minimum Gasteiger partial charge on any atom is -0.322 e. The van der Waals surface area contributed by atoms with Gasteiger partial charge in [-0.05, 0) is 72.8 Å². The lowest BCUT2D eigenvalue weighted by molar-refractivity contribution is -0.121. The number of halogens is 1. The maximum Gasteiger partial charge on any atom is 0.255 e. The zero-order valence-corrected chi connectivity index (χ0v) is 19.1. The van der Waals surface area contributed by atoms with Crippen LogP contribution in [-0.2, 0) is 19.6 Å². The maximum atomic E-state index is 13.0. The Balaban J connectivity index is 1.41. The number of benzene rings is 3. The molecule has 0 aromatic heterocycles. The molecule has 8 nitrogen and oxygen atoms in total. The molecule has 1 heterocycles. The molecule has 4 rings (SSSR count). The average molecular weight is 500 g/mol. The van der Waals surface area contributed by atoms with Gasteiger partial charge in [0, 0.05) is 22.6 Å². The zero-order chi connectivity index (χ0) is 24.5. The first kappa shape index (κ1) is 23.6. The highest BCUT2D eigenvalue weighted by molar-refractivity contribution is 8.00. The molecule has 0 spiro atoms. The molecule has 1 saturated heterocycles. The highest BCUT2D eigenvalue weighted by Gasteiger charge is 2.40. The summed E-state index contributed by atoms with van der Waals surface area (Å²) in [6.07, 6.45) is -0.0104. The zero-order valence-electron chi connectivity index (χ0n) is 17.5. The van der Waals surface area contributed by atoms with Crippen molar-refractivity contribution in [3.8, 4) is 0 Å². The van der Waals surface area contributed by atoms with Crippen LogP contribution in [0, 0.1) is 5.82 Å². The number of carbonyl (C=O) groups is 3. The molecule has 0 saturated carbocycles. The first-order valence-electron chi connectivity index (χ1n) is 9.95. The standard InChI is InChI=1S/C23H18FN3O5S2/c24-15-3-1-14(2-4-15)22(29)26-16-5-9-18(10-6-16)33-20-13-21(28)27(23(20)30)17-7-11-19(12-8-17)34(25,31)32/h1-12,20H,13H2,(H,26,29)(H2,25,31,32). The van der Waals surface area contributed by atoms with Crippen LogP contribution in [0.3, 0.4) is 0 Å². The number of thioether (sulfide) groups is 1. The fourth-order valence-corrected chi connectivity index (χ4v) is 4.91. The molecule has 3 amide bonds. The number of hydrogen-bond acceptors (Lipinski definition) is 6. The van der Waals surface area contributed by atoms with Gasteiger partial charge in [-0.1, -0.05) is 0 Å². The molecule has 3 N–H and O–H groups in total. The van der Waals surface area contributed by atoms with Crippen molar-refractivity contribution >= 4 is 50.9 Å². The first-order chi connectivity index (χ1) is 16.1. The largest absolute Gasteiger partial charge is 0.322 e. The van der Waals surface area contributed by atoms with Gasteiger partial charge in [-0.3, -0.25) is 14.4 Å². The summed E-state index contributed by atoms with van der Waals surface area (Å²) in [5.41, 5.74) is 1.10. The van der Waals surface area contributed by atoms with Gasteiger partial charge in [0.1, 0.15) is 5.82 Å². The number of nitrogens with two attached hydrogens (primary N) is 1. The van der Waals surface area contributed by atoms with Gasteiger partial charge in [0.2, 0.25) is 21.8 Å². The molecule has 0 aliphatic carbocycles. The van der Waals surface area contributed by atoms with Crippen LogP contribution in [-0.4, -0.2) is 31.4 Å². The number of sulfonamides is 1. The van der Waals surface area contributed by atoms with E-state index >= 15 is 0 Å². The third kappa shape index (κ3) is 5.16. The number of nitrogens with zero attached hydrogens (tertiary/aromatic N) is 1. The van der Waals surface area contributed by atoms with Crippen molar-refractivity contribution in [2.24, 2.45) is 5.14 Å². The monoisotopic (exact) mass is 499 g/mol. The molecule has 34 heavy (non-hydrogen) atoms. The first-order valence-corrected chi connectivity index (χ1v) is 12.4. The Kier molecular flexibility index (Phi) is 6.51. The van der Waals surface area contributed by atoms with Crippen LogP contribution in [0.15, 0.2) is 82.6 Å². The number of imide groups is 1. The van der Waals surface area contributed by atoms with Gasteiger partial charge in [0.15, 0.2) is 0 Å². The smallest absolute Gasteiger partial charge is 0.255 e. The molecule has 1 atom stereocenters. The SMILES string of the molecule is NS(=O)(=O)c1ccc(N2C(=O)CC(Sc3ccc(NC(=O)c4ccc(F)cc4)cc3)C2=O)cc1. The van der Waals surface area contributed by atoms with Gasteiger partial charge < -0.3 is 5.32 Å². The molecular formula is C23H18FN3O5S2.